The quantitative estimate of drug-likeness (QED) is 0.524. The second-order valence-electron chi connectivity index (χ2n) is 7.12. The lowest BCUT2D eigenvalue weighted by Crippen LogP contribution is -2.33. The van der Waals surface area contributed by atoms with Crippen LogP contribution in [0.25, 0.3) is 5.65 Å². The summed E-state index contributed by atoms with van der Waals surface area (Å²) in [5.74, 6) is 2.13. The van der Waals surface area contributed by atoms with Crippen LogP contribution in [0.15, 0.2) is 79.0 Å². The predicted molar refractivity (Wildman–Crippen MR) is 111 cm³/mol. The molecule has 0 aliphatic carbocycles. The Morgan fingerprint density at radius 3 is 2.31 bits per heavy atom. The van der Waals surface area contributed by atoms with Crippen LogP contribution in [0.4, 0.5) is 0 Å². The Labute approximate surface area is 169 Å². The molecule has 0 bridgehead atoms. The molecule has 146 valence electrons. The van der Waals surface area contributed by atoms with E-state index in [0.29, 0.717) is 17.1 Å². The van der Waals surface area contributed by atoms with Gasteiger partial charge in [-0.1, -0.05) is 38.1 Å². The molecule has 4 rings (SSSR count). The highest BCUT2D eigenvalue weighted by molar-refractivity contribution is 5.94. The number of benzene rings is 2. The van der Waals surface area contributed by atoms with E-state index < -0.39 is 0 Å². The molecule has 2 aromatic heterocycles. The van der Waals surface area contributed by atoms with E-state index in [4.69, 9.17) is 4.74 Å². The molecule has 1 atom stereocenters. The zero-order valence-electron chi connectivity index (χ0n) is 16.3. The molecule has 6 heteroatoms. The third-order valence-electron chi connectivity index (χ3n) is 4.67. The van der Waals surface area contributed by atoms with Gasteiger partial charge >= 0.3 is 0 Å². The van der Waals surface area contributed by atoms with Crippen LogP contribution in [0.3, 0.4) is 0 Å². The molecular formula is C23H22N4O2. The highest BCUT2D eigenvalue weighted by atomic mass is 16.5. The summed E-state index contributed by atoms with van der Waals surface area (Å²) < 4.78 is 7.69. The van der Waals surface area contributed by atoms with Gasteiger partial charge < -0.3 is 10.1 Å². The topological polar surface area (TPSA) is 68.5 Å². The molecule has 2 aromatic carbocycles. The molecule has 0 radical (unpaired) electrons. The molecule has 4 aromatic rings. The number of carbonyl (C=O) groups excluding carboxylic acids is 1. The van der Waals surface area contributed by atoms with Crippen LogP contribution in [0, 0.1) is 5.92 Å². The number of pyridine rings is 1. The average molecular weight is 386 g/mol. The number of carbonyl (C=O) groups is 1. The van der Waals surface area contributed by atoms with E-state index in [1.807, 2.05) is 73.0 Å². The summed E-state index contributed by atoms with van der Waals surface area (Å²) in [7, 11) is 0. The van der Waals surface area contributed by atoms with Gasteiger partial charge in [0.2, 0.25) is 0 Å². The van der Waals surface area contributed by atoms with E-state index in [2.05, 4.69) is 15.5 Å². The minimum Gasteiger partial charge on any atom is -0.457 e. The van der Waals surface area contributed by atoms with E-state index in [1.165, 1.54) is 0 Å². The van der Waals surface area contributed by atoms with Crippen LogP contribution in [0.2, 0.25) is 0 Å². The Hall–Kier alpha value is -3.67. The molecule has 0 saturated heterocycles. The molecule has 0 spiro atoms. The van der Waals surface area contributed by atoms with Gasteiger partial charge in [0.1, 0.15) is 11.5 Å². The molecule has 6 nitrogen and oxygen atoms in total. The number of nitrogens with zero attached hydrogens (tertiary/aromatic N) is 3. The summed E-state index contributed by atoms with van der Waals surface area (Å²) in [5.41, 5.74) is 1.31. The van der Waals surface area contributed by atoms with Crippen molar-refractivity contribution in [2.75, 3.05) is 0 Å². The van der Waals surface area contributed by atoms with E-state index in [1.54, 1.807) is 24.3 Å². The fourth-order valence-corrected chi connectivity index (χ4v) is 3.12. The minimum atomic E-state index is -0.264. The standard InChI is InChI=1S/C23H22N4O2/c1-16(2)21(22-26-25-20-10-6-7-15-27(20)22)24-23(28)17-11-13-19(14-12-17)29-18-8-4-3-5-9-18/h3-16,21H,1-2H3,(H,24,28)/t21-/m0/s1. The summed E-state index contributed by atoms with van der Waals surface area (Å²) in [6, 6.07) is 22.1. The van der Waals surface area contributed by atoms with Gasteiger partial charge in [0.15, 0.2) is 11.5 Å². The Morgan fingerprint density at radius 1 is 0.897 bits per heavy atom. The van der Waals surface area contributed by atoms with Crippen molar-refractivity contribution in [1.82, 2.24) is 19.9 Å². The molecule has 0 saturated carbocycles. The fourth-order valence-electron chi connectivity index (χ4n) is 3.12. The Bertz CT molecular complexity index is 1100. The van der Waals surface area contributed by atoms with E-state index in [-0.39, 0.29) is 17.9 Å². The van der Waals surface area contributed by atoms with Gasteiger partial charge in [-0.05, 0) is 54.4 Å². The molecule has 1 amide bonds. The van der Waals surface area contributed by atoms with Crippen molar-refractivity contribution in [1.29, 1.82) is 0 Å². The molecule has 1 N–H and O–H groups in total. The van der Waals surface area contributed by atoms with Crippen molar-refractivity contribution >= 4 is 11.6 Å². The Morgan fingerprint density at radius 2 is 1.59 bits per heavy atom. The van der Waals surface area contributed by atoms with Crippen LogP contribution in [-0.4, -0.2) is 20.5 Å². The smallest absolute Gasteiger partial charge is 0.251 e. The normalized spacial score (nSPS) is 12.1. The molecular weight excluding hydrogens is 364 g/mol. The molecule has 0 aliphatic rings. The van der Waals surface area contributed by atoms with E-state index in [0.717, 1.165) is 11.4 Å². The lowest BCUT2D eigenvalue weighted by molar-refractivity contribution is 0.0923. The van der Waals surface area contributed by atoms with Crippen LogP contribution >= 0.6 is 0 Å². The third-order valence-corrected chi connectivity index (χ3v) is 4.67. The second kappa shape index (κ2) is 8.14. The maximum Gasteiger partial charge on any atom is 0.251 e. The van der Waals surface area contributed by atoms with Gasteiger partial charge in [-0.15, -0.1) is 10.2 Å². The maximum atomic E-state index is 12.9. The second-order valence-corrected chi connectivity index (χ2v) is 7.12. The lowest BCUT2D eigenvalue weighted by atomic mass is 10.0. The molecule has 0 unspecified atom stereocenters. The molecule has 0 fully saturated rings. The van der Waals surface area contributed by atoms with Gasteiger partial charge in [0, 0.05) is 11.8 Å². The third kappa shape index (κ3) is 4.11. The minimum absolute atomic E-state index is 0.146. The zero-order valence-corrected chi connectivity index (χ0v) is 16.3. The number of amides is 1. The monoisotopic (exact) mass is 386 g/mol. The summed E-state index contributed by atoms with van der Waals surface area (Å²) >= 11 is 0. The van der Waals surface area contributed by atoms with Crippen molar-refractivity contribution in [3.8, 4) is 11.5 Å². The molecule has 29 heavy (non-hydrogen) atoms. The first-order valence-corrected chi connectivity index (χ1v) is 9.55. The summed E-state index contributed by atoms with van der Waals surface area (Å²) in [6.45, 7) is 4.09. The van der Waals surface area contributed by atoms with Crippen molar-refractivity contribution in [2.45, 2.75) is 19.9 Å². The van der Waals surface area contributed by atoms with Crippen LogP contribution in [0.5, 0.6) is 11.5 Å². The van der Waals surface area contributed by atoms with Gasteiger partial charge in [0.05, 0.1) is 6.04 Å². The first-order valence-electron chi connectivity index (χ1n) is 9.55. The van der Waals surface area contributed by atoms with Crippen LogP contribution < -0.4 is 10.1 Å². The lowest BCUT2D eigenvalue weighted by Gasteiger charge is -2.21. The summed E-state index contributed by atoms with van der Waals surface area (Å²) in [4.78, 5) is 12.9. The Balaban J connectivity index is 1.51. The highest BCUT2D eigenvalue weighted by Gasteiger charge is 2.24. The first kappa shape index (κ1) is 18.7. The number of fused-ring (bicyclic) bond motifs is 1. The van der Waals surface area contributed by atoms with E-state index >= 15 is 0 Å². The number of para-hydroxylation sites is 1. The number of hydrogen-bond donors (Lipinski definition) is 1. The van der Waals surface area contributed by atoms with Crippen molar-refractivity contribution < 1.29 is 9.53 Å². The van der Waals surface area contributed by atoms with Crippen LogP contribution in [0.1, 0.15) is 36.1 Å². The number of nitrogens with one attached hydrogen (secondary N) is 1. The Kier molecular flexibility index (Phi) is 5.24. The summed E-state index contributed by atoms with van der Waals surface area (Å²) in [5, 5.41) is 11.6. The largest absolute Gasteiger partial charge is 0.457 e. The summed E-state index contributed by atoms with van der Waals surface area (Å²) in [6.07, 6.45) is 1.90. The number of ether oxygens (including phenoxy) is 1. The molecule has 0 aliphatic heterocycles. The zero-order chi connectivity index (χ0) is 20.2. The van der Waals surface area contributed by atoms with Crippen LogP contribution in [-0.2, 0) is 0 Å². The van der Waals surface area contributed by atoms with Crippen molar-refractivity contribution in [2.24, 2.45) is 5.92 Å². The number of aromatic nitrogens is 3. The van der Waals surface area contributed by atoms with Gasteiger partial charge in [0.25, 0.3) is 5.91 Å². The molecule has 2 heterocycles. The maximum absolute atomic E-state index is 12.9. The highest BCUT2D eigenvalue weighted by Crippen LogP contribution is 2.23. The number of hydrogen-bond acceptors (Lipinski definition) is 4. The predicted octanol–water partition coefficient (Wildman–Crippen LogP) is 4.65. The fraction of sp³-hybridized carbons (Fsp3) is 0.174. The average Bonchev–Trinajstić information content (AvgIpc) is 3.17. The van der Waals surface area contributed by atoms with Gasteiger partial charge in [-0.25, -0.2) is 0 Å². The van der Waals surface area contributed by atoms with Gasteiger partial charge in [-0.3, -0.25) is 9.20 Å². The SMILES string of the molecule is CC(C)[C@H](NC(=O)c1ccc(Oc2ccccc2)cc1)c1nnc2ccccn12. The number of rotatable bonds is 6. The van der Waals surface area contributed by atoms with Gasteiger partial charge in [-0.2, -0.15) is 0 Å². The van der Waals surface area contributed by atoms with E-state index in [9.17, 15) is 4.79 Å². The van der Waals surface area contributed by atoms with Crippen molar-refractivity contribution in [3.63, 3.8) is 0 Å². The van der Waals surface area contributed by atoms with Crippen molar-refractivity contribution in [3.05, 3.63) is 90.4 Å². The first-order chi connectivity index (χ1) is 14.1.